The van der Waals surface area contributed by atoms with Gasteiger partial charge in [0.2, 0.25) is 0 Å². The summed E-state index contributed by atoms with van der Waals surface area (Å²) in [5.74, 6) is 3.08. The Morgan fingerprint density at radius 1 is 1.12 bits per heavy atom. The number of anilines is 2. The van der Waals surface area contributed by atoms with Crippen molar-refractivity contribution in [2.24, 2.45) is 11.8 Å². The van der Waals surface area contributed by atoms with Crippen LogP contribution in [0.3, 0.4) is 0 Å². The summed E-state index contributed by atoms with van der Waals surface area (Å²) >= 11 is 0. The minimum absolute atomic E-state index is 0.637. The molecule has 1 atom stereocenters. The number of rotatable bonds is 6. The fraction of sp³-hybridized carbons (Fsp3) is 0.667. The zero-order valence-electron chi connectivity index (χ0n) is 10.6. The molecule has 90 valence electrons. The number of nitrogens with zero attached hydrogens (tertiary/aromatic N) is 2. The number of nitrogens with one attached hydrogen (secondary N) is 2. The molecule has 0 aliphatic heterocycles. The summed E-state index contributed by atoms with van der Waals surface area (Å²) in [6.45, 7) is 10.6. The zero-order valence-corrected chi connectivity index (χ0v) is 10.6. The predicted octanol–water partition coefficient (Wildman–Crippen LogP) is 2.61. The summed E-state index contributed by atoms with van der Waals surface area (Å²) < 4.78 is 0. The van der Waals surface area contributed by atoms with Crippen LogP contribution in [-0.2, 0) is 0 Å². The van der Waals surface area contributed by atoms with Crippen LogP contribution in [-0.4, -0.2) is 23.1 Å². The Bertz CT molecular complexity index is 312. The highest BCUT2D eigenvalue weighted by atomic mass is 15.1. The Labute approximate surface area is 97.9 Å². The van der Waals surface area contributed by atoms with Gasteiger partial charge in [-0.05, 0) is 18.8 Å². The first kappa shape index (κ1) is 12.7. The molecule has 0 fully saturated rings. The van der Waals surface area contributed by atoms with E-state index in [9.17, 15) is 0 Å². The fourth-order valence-electron chi connectivity index (χ4n) is 1.23. The van der Waals surface area contributed by atoms with Crippen molar-refractivity contribution >= 4 is 11.6 Å². The molecule has 1 aromatic heterocycles. The van der Waals surface area contributed by atoms with E-state index in [0.29, 0.717) is 11.8 Å². The van der Waals surface area contributed by atoms with Crippen molar-refractivity contribution in [1.29, 1.82) is 0 Å². The van der Waals surface area contributed by atoms with Gasteiger partial charge in [-0.25, -0.2) is 9.97 Å². The van der Waals surface area contributed by atoms with E-state index in [1.54, 1.807) is 6.33 Å². The van der Waals surface area contributed by atoms with Crippen molar-refractivity contribution in [1.82, 2.24) is 9.97 Å². The van der Waals surface area contributed by atoms with E-state index in [1.807, 2.05) is 6.07 Å². The summed E-state index contributed by atoms with van der Waals surface area (Å²) in [4.78, 5) is 8.32. The van der Waals surface area contributed by atoms with E-state index < -0.39 is 0 Å². The third kappa shape index (κ3) is 4.04. The molecule has 0 amide bonds. The topological polar surface area (TPSA) is 49.8 Å². The van der Waals surface area contributed by atoms with Crippen LogP contribution in [0, 0.1) is 11.8 Å². The molecule has 2 N–H and O–H groups in total. The van der Waals surface area contributed by atoms with Gasteiger partial charge >= 0.3 is 0 Å². The lowest BCUT2D eigenvalue weighted by Gasteiger charge is -2.16. The van der Waals surface area contributed by atoms with E-state index >= 15 is 0 Å². The monoisotopic (exact) mass is 222 g/mol. The van der Waals surface area contributed by atoms with E-state index in [2.05, 4.69) is 48.3 Å². The van der Waals surface area contributed by atoms with Gasteiger partial charge in [0.1, 0.15) is 18.0 Å². The van der Waals surface area contributed by atoms with Crippen LogP contribution >= 0.6 is 0 Å². The lowest BCUT2D eigenvalue weighted by molar-refractivity contribution is 0.439. The second-order valence-electron chi connectivity index (χ2n) is 4.42. The summed E-state index contributed by atoms with van der Waals surface area (Å²) in [6.07, 6.45) is 1.58. The Hall–Kier alpha value is -1.32. The molecule has 1 heterocycles. The smallest absolute Gasteiger partial charge is 0.131 e. The van der Waals surface area contributed by atoms with Crippen molar-refractivity contribution in [3.05, 3.63) is 12.4 Å². The van der Waals surface area contributed by atoms with Crippen molar-refractivity contribution < 1.29 is 0 Å². The van der Waals surface area contributed by atoms with Gasteiger partial charge in [0, 0.05) is 19.2 Å². The van der Waals surface area contributed by atoms with Crippen molar-refractivity contribution in [2.75, 3.05) is 23.7 Å². The van der Waals surface area contributed by atoms with Gasteiger partial charge in [0.05, 0.1) is 0 Å². The van der Waals surface area contributed by atoms with Gasteiger partial charge in [0.15, 0.2) is 0 Å². The highest BCUT2D eigenvalue weighted by molar-refractivity contribution is 5.46. The van der Waals surface area contributed by atoms with E-state index in [0.717, 1.165) is 24.7 Å². The van der Waals surface area contributed by atoms with E-state index in [-0.39, 0.29) is 0 Å². The average Bonchev–Trinajstić information content (AvgIpc) is 2.26. The molecular weight excluding hydrogens is 200 g/mol. The number of hydrogen-bond donors (Lipinski definition) is 2. The molecule has 4 nitrogen and oxygen atoms in total. The molecule has 0 radical (unpaired) electrons. The minimum atomic E-state index is 0.637. The standard InChI is InChI=1S/C12H22N4/c1-5-13-11-6-12(16-8-15-11)14-7-10(4)9(2)3/h6,8-10H,5,7H2,1-4H3,(H2,13,14,15,16). The van der Waals surface area contributed by atoms with Gasteiger partial charge < -0.3 is 10.6 Å². The number of aromatic nitrogens is 2. The molecule has 0 aliphatic carbocycles. The molecular formula is C12H22N4. The van der Waals surface area contributed by atoms with Crippen LogP contribution in [0.15, 0.2) is 12.4 Å². The first-order chi connectivity index (χ1) is 7.63. The molecule has 0 aromatic carbocycles. The molecule has 1 unspecified atom stereocenters. The molecule has 4 heteroatoms. The molecule has 1 aromatic rings. The largest absolute Gasteiger partial charge is 0.370 e. The summed E-state index contributed by atoms with van der Waals surface area (Å²) in [6, 6.07) is 1.94. The minimum Gasteiger partial charge on any atom is -0.370 e. The van der Waals surface area contributed by atoms with Crippen molar-refractivity contribution in [2.45, 2.75) is 27.7 Å². The Morgan fingerprint density at radius 3 is 2.31 bits per heavy atom. The maximum Gasteiger partial charge on any atom is 0.131 e. The molecule has 0 aliphatic rings. The second-order valence-corrected chi connectivity index (χ2v) is 4.42. The van der Waals surface area contributed by atoms with Crippen LogP contribution in [0.4, 0.5) is 11.6 Å². The zero-order chi connectivity index (χ0) is 12.0. The first-order valence-electron chi connectivity index (χ1n) is 5.93. The molecule has 16 heavy (non-hydrogen) atoms. The van der Waals surface area contributed by atoms with Gasteiger partial charge in [-0.15, -0.1) is 0 Å². The van der Waals surface area contributed by atoms with Gasteiger partial charge in [0.25, 0.3) is 0 Å². The summed E-state index contributed by atoms with van der Waals surface area (Å²) in [5.41, 5.74) is 0. The molecule has 1 rings (SSSR count). The average molecular weight is 222 g/mol. The maximum atomic E-state index is 4.19. The van der Waals surface area contributed by atoms with Crippen molar-refractivity contribution in [3.8, 4) is 0 Å². The SMILES string of the molecule is CCNc1cc(NCC(C)C(C)C)ncn1. The van der Waals surface area contributed by atoms with Crippen molar-refractivity contribution in [3.63, 3.8) is 0 Å². The predicted molar refractivity (Wildman–Crippen MR) is 68.7 cm³/mol. The first-order valence-corrected chi connectivity index (χ1v) is 5.93. The third-order valence-electron chi connectivity index (χ3n) is 2.77. The lowest BCUT2D eigenvalue weighted by Crippen LogP contribution is -2.17. The number of hydrogen-bond acceptors (Lipinski definition) is 4. The molecule has 0 saturated heterocycles. The van der Waals surface area contributed by atoms with Crippen LogP contribution < -0.4 is 10.6 Å². The summed E-state index contributed by atoms with van der Waals surface area (Å²) in [5, 5.41) is 6.50. The Morgan fingerprint density at radius 2 is 1.75 bits per heavy atom. The van der Waals surface area contributed by atoms with Gasteiger partial charge in [-0.1, -0.05) is 20.8 Å². The fourth-order valence-corrected chi connectivity index (χ4v) is 1.23. The maximum absolute atomic E-state index is 4.19. The highest BCUT2D eigenvalue weighted by Crippen LogP contribution is 2.12. The quantitative estimate of drug-likeness (QED) is 0.777. The molecule has 0 spiro atoms. The Balaban J connectivity index is 2.50. The normalized spacial score (nSPS) is 12.6. The van der Waals surface area contributed by atoms with E-state index in [1.165, 1.54) is 0 Å². The highest BCUT2D eigenvalue weighted by Gasteiger charge is 2.06. The Kier molecular flexibility index (Phi) is 5.02. The van der Waals surface area contributed by atoms with Gasteiger partial charge in [-0.2, -0.15) is 0 Å². The van der Waals surface area contributed by atoms with Crippen LogP contribution in [0.2, 0.25) is 0 Å². The molecule has 0 bridgehead atoms. The van der Waals surface area contributed by atoms with Crippen LogP contribution in [0.5, 0.6) is 0 Å². The van der Waals surface area contributed by atoms with Crippen LogP contribution in [0.1, 0.15) is 27.7 Å². The summed E-state index contributed by atoms with van der Waals surface area (Å²) in [7, 11) is 0. The van der Waals surface area contributed by atoms with E-state index in [4.69, 9.17) is 0 Å². The van der Waals surface area contributed by atoms with Crippen LogP contribution in [0.25, 0.3) is 0 Å². The third-order valence-corrected chi connectivity index (χ3v) is 2.77. The molecule has 0 saturated carbocycles. The van der Waals surface area contributed by atoms with Gasteiger partial charge in [-0.3, -0.25) is 0 Å². The lowest BCUT2D eigenvalue weighted by atomic mass is 9.98. The second kappa shape index (κ2) is 6.30.